The van der Waals surface area contributed by atoms with Crippen molar-refractivity contribution in [3.63, 3.8) is 0 Å². The van der Waals surface area contributed by atoms with Crippen LogP contribution in [0.3, 0.4) is 0 Å². The Bertz CT molecular complexity index is 1810. The van der Waals surface area contributed by atoms with E-state index < -0.39 is 17.3 Å². The molecule has 1 aromatic carbocycles. The maximum Gasteiger partial charge on any atom is 0.407 e. The van der Waals surface area contributed by atoms with Crippen molar-refractivity contribution in [2.75, 3.05) is 18.8 Å². The first-order valence-electron chi connectivity index (χ1n) is 14.6. The van der Waals surface area contributed by atoms with Crippen LogP contribution in [0.2, 0.25) is 0 Å². The van der Waals surface area contributed by atoms with Crippen LogP contribution >= 0.6 is 0 Å². The molecule has 4 heterocycles. The van der Waals surface area contributed by atoms with Crippen LogP contribution in [0.25, 0.3) is 33.4 Å². The molecule has 6 N–H and O–H groups in total. The Labute approximate surface area is 260 Å². The number of amides is 2. The molecule has 0 radical (unpaired) electrons. The number of carbonyl (C=O) groups excluding carboxylic acids is 2. The molecule has 0 aliphatic heterocycles. The van der Waals surface area contributed by atoms with Gasteiger partial charge in [-0.25, -0.2) is 19.7 Å². The summed E-state index contributed by atoms with van der Waals surface area (Å²) >= 11 is 0. The summed E-state index contributed by atoms with van der Waals surface area (Å²) < 4.78 is 6.87. The van der Waals surface area contributed by atoms with Crippen LogP contribution in [-0.2, 0) is 21.7 Å². The van der Waals surface area contributed by atoms with E-state index >= 15 is 0 Å². The Morgan fingerprint density at radius 3 is 2.53 bits per heavy atom. The number of rotatable bonds is 10. The summed E-state index contributed by atoms with van der Waals surface area (Å²) in [5.74, 6) is -0.116. The number of aryl methyl sites for hydroxylation is 1. The SMILES string of the molecule is CC(C)(C)OC(=O)NCCNC(=O)CCn1cc(-c2cnc3[nH]cc(-c4cc(C(C)(O)c5ccccc5)nc(N)n4)c3c2)cn1. The number of aliphatic hydroxyl groups is 1. The van der Waals surface area contributed by atoms with Crippen LogP contribution in [0.4, 0.5) is 10.7 Å². The minimum absolute atomic E-state index is 0.0433. The average molecular weight is 612 g/mol. The second kappa shape index (κ2) is 12.7. The monoisotopic (exact) mass is 611 g/mol. The van der Waals surface area contributed by atoms with Gasteiger partial charge in [-0.2, -0.15) is 5.10 Å². The van der Waals surface area contributed by atoms with E-state index in [0.29, 0.717) is 29.1 Å². The van der Waals surface area contributed by atoms with Gasteiger partial charge >= 0.3 is 6.09 Å². The zero-order valence-electron chi connectivity index (χ0n) is 25.7. The number of alkyl carbamates (subject to hydrolysis) is 1. The molecule has 0 fully saturated rings. The number of benzene rings is 1. The van der Waals surface area contributed by atoms with E-state index in [0.717, 1.165) is 22.1 Å². The van der Waals surface area contributed by atoms with Crippen molar-refractivity contribution in [1.29, 1.82) is 0 Å². The molecule has 0 bridgehead atoms. The van der Waals surface area contributed by atoms with Gasteiger partial charge in [0.1, 0.15) is 16.8 Å². The van der Waals surface area contributed by atoms with E-state index in [2.05, 4.69) is 35.7 Å². The Kier molecular flexibility index (Phi) is 8.82. The number of nitrogens with zero attached hydrogens (tertiary/aromatic N) is 5. The summed E-state index contributed by atoms with van der Waals surface area (Å²) in [6.45, 7) is 7.96. The van der Waals surface area contributed by atoms with Crippen LogP contribution in [-0.4, -0.2) is 65.5 Å². The first-order chi connectivity index (χ1) is 21.4. The molecule has 45 heavy (non-hydrogen) atoms. The third kappa shape index (κ3) is 7.62. The summed E-state index contributed by atoms with van der Waals surface area (Å²) in [4.78, 5) is 40.6. The van der Waals surface area contributed by atoms with Gasteiger partial charge in [0.05, 0.1) is 17.6 Å². The molecule has 13 heteroatoms. The van der Waals surface area contributed by atoms with Gasteiger partial charge in [-0.15, -0.1) is 0 Å². The molecule has 0 saturated heterocycles. The third-order valence-electron chi connectivity index (χ3n) is 7.04. The lowest BCUT2D eigenvalue weighted by molar-refractivity contribution is -0.121. The van der Waals surface area contributed by atoms with E-state index in [1.807, 2.05) is 42.6 Å². The predicted molar refractivity (Wildman–Crippen MR) is 170 cm³/mol. The highest BCUT2D eigenvalue weighted by molar-refractivity contribution is 5.95. The number of ether oxygens (including phenoxy) is 1. The fourth-order valence-electron chi connectivity index (χ4n) is 4.76. The van der Waals surface area contributed by atoms with E-state index in [4.69, 9.17) is 10.5 Å². The summed E-state index contributed by atoms with van der Waals surface area (Å²) in [6, 6.07) is 13.0. The fourth-order valence-corrected chi connectivity index (χ4v) is 4.76. The number of nitrogen functional groups attached to an aromatic ring is 1. The highest BCUT2D eigenvalue weighted by Gasteiger charge is 2.29. The van der Waals surface area contributed by atoms with Crippen LogP contribution in [0.15, 0.2) is 67.3 Å². The van der Waals surface area contributed by atoms with E-state index in [1.54, 1.807) is 57.0 Å². The molecule has 0 saturated carbocycles. The van der Waals surface area contributed by atoms with E-state index in [-0.39, 0.29) is 31.4 Å². The summed E-state index contributed by atoms with van der Waals surface area (Å²) in [6.07, 6.45) is 6.81. The summed E-state index contributed by atoms with van der Waals surface area (Å²) in [5, 5.41) is 22.0. The maximum absolute atomic E-state index is 12.3. The van der Waals surface area contributed by atoms with Gasteiger partial charge in [-0.05, 0) is 45.4 Å². The second-order valence-corrected chi connectivity index (χ2v) is 11.8. The molecule has 1 unspecified atom stereocenters. The normalized spacial score (nSPS) is 12.9. The van der Waals surface area contributed by atoms with Crippen molar-refractivity contribution < 1.29 is 19.4 Å². The molecular weight excluding hydrogens is 574 g/mol. The van der Waals surface area contributed by atoms with Crippen LogP contribution < -0.4 is 16.4 Å². The van der Waals surface area contributed by atoms with Crippen LogP contribution in [0.5, 0.6) is 0 Å². The van der Waals surface area contributed by atoms with Crippen molar-refractivity contribution in [1.82, 2.24) is 40.3 Å². The molecule has 0 aliphatic carbocycles. The zero-order valence-corrected chi connectivity index (χ0v) is 25.7. The number of hydrogen-bond donors (Lipinski definition) is 5. The molecule has 4 aromatic heterocycles. The number of fused-ring (bicyclic) bond motifs is 1. The summed E-state index contributed by atoms with van der Waals surface area (Å²) in [7, 11) is 0. The average Bonchev–Trinajstić information content (AvgIpc) is 3.65. The van der Waals surface area contributed by atoms with E-state index in [9.17, 15) is 14.7 Å². The van der Waals surface area contributed by atoms with Gasteiger partial charge in [-0.1, -0.05) is 30.3 Å². The van der Waals surface area contributed by atoms with Gasteiger partial charge in [0, 0.05) is 66.7 Å². The molecule has 0 spiro atoms. The number of nitrogens with one attached hydrogen (secondary N) is 3. The van der Waals surface area contributed by atoms with Crippen LogP contribution in [0.1, 0.15) is 45.4 Å². The summed E-state index contributed by atoms with van der Waals surface area (Å²) in [5.41, 5.74) is 8.80. The number of aromatic nitrogens is 6. The van der Waals surface area contributed by atoms with E-state index in [1.165, 1.54) is 0 Å². The number of aromatic amines is 1. The Hall–Kier alpha value is -5.30. The topological polar surface area (TPSA) is 186 Å². The van der Waals surface area contributed by atoms with Gasteiger partial charge < -0.3 is 31.2 Å². The molecule has 0 aliphatic rings. The molecule has 1 atom stereocenters. The van der Waals surface area contributed by atoms with Crippen LogP contribution in [0, 0.1) is 0 Å². The maximum atomic E-state index is 12.3. The fraction of sp³-hybridized carbons (Fsp3) is 0.312. The largest absolute Gasteiger partial charge is 0.444 e. The minimum atomic E-state index is -1.38. The number of nitrogens with two attached hydrogens (primary N) is 1. The lowest BCUT2D eigenvalue weighted by Gasteiger charge is -2.24. The highest BCUT2D eigenvalue weighted by atomic mass is 16.6. The van der Waals surface area contributed by atoms with Gasteiger partial charge in [-0.3, -0.25) is 9.48 Å². The highest BCUT2D eigenvalue weighted by Crippen LogP contribution is 2.34. The first kappa shape index (κ1) is 31.1. The van der Waals surface area contributed by atoms with Gasteiger partial charge in [0.25, 0.3) is 0 Å². The minimum Gasteiger partial charge on any atom is -0.444 e. The molecule has 5 rings (SSSR count). The van der Waals surface area contributed by atoms with Crippen molar-refractivity contribution in [3.8, 4) is 22.4 Å². The number of pyridine rings is 1. The van der Waals surface area contributed by atoms with Crippen molar-refractivity contribution in [2.45, 2.75) is 51.9 Å². The first-order valence-corrected chi connectivity index (χ1v) is 14.6. The molecule has 2 amide bonds. The quantitative estimate of drug-likeness (QED) is 0.147. The molecule has 234 valence electrons. The Morgan fingerprint density at radius 2 is 1.78 bits per heavy atom. The smallest absolute Gasteiger partial charge is 0.407 e. The molecule has 5 aromatic rings. The second-order valence-electron chi connectivity index (χ2n) is 11.8. The number of H-pyrrole nitrogens is 1. The Morgan fingerprint density at radius 1 is 1.02 bits per heavy atom. The molecular formula is C32H37N9O4. The van der Waals surface area contributed by atoms with Crippen molar-refractivity contribution in [3.05, 3.63) is 78.5 Å². The predicted octanol–water partition coefficient (Wildman–Crippen LogP) is 3.75. The third-order valence-corrected chi connectivity index (χ3v) is 7.04. The standard InChI is InChI=1S/C32H37N9O4/c1-31(2,3)45-30(43)35-12-11-34-27(42)10-13-41-19-21(17-38-41)20-14-23-24(18-37-28(23)36-16-20)25-15-26(40-29(33)39-25)32(4,44)22-8-6-5-7-9-22/h5-9,14-19,44H,10-13H2,1-4H3,(H,34,42)(H,35,43)(H,36,37)(H2,33,39,40). The van der Waals surface area contributed by atoms with Crippen molar-refractivity contribution in [2.24, 2.45) is 0 Å². The Balaban J connectivity index is 1.25. The van der Waals surface area contributed by atoms with Crippen molar-refractivity contribution >= 4 is 29.0 Å². The van der Waals surface area contributed by atoms with Gasteiger partial charge in [0.2, 0.25) is 11.9 Å². The number of carbonyl (C=O) groups is 2. The van der Waals surface area contributed by atoms with Gasteiger partial charge in [0.15, 0.2) is 0 Å². The molecule has 13 nitrogen and oxygen atoms in total. The number of hydrogen-bond acceptors (Lipinski definition) is 9. The number of anilines is 1. The zero-order chi connectivity index (χ0) is 32.2. The lowest BCUT2D eigenvalue weighted by atomic mass is 9.91. The lowest BCUT2D eigenvalue weighted by Crippen LogP contribution is -2.38.